The third-order valence-electron chi connectivity index (χ3n) is 6.12. The Morgan fingerprint density at radius 3 is 2.63 bits per heavy atom. The molecule has 2 N–H and O–H groups in total. The Bertz CT molecular complexity index is 958. The van der Waals surface area contributed by atoms with Crippen molar-refractivity contribution in [3.05, 3.63) is 65.9 Å². The second kappa shape index (κ2) is 9.81. The van der Waals surface area contributed by atoms with Crippen molar-refractivity contribution in [3.63, 3.8) is 0 Å². The zero-order chi connectivity index (χ0) is 20.8. The van der Waals surface area contributed by atoms with Gasteiger partial charge in [0, 0.05) is 30.1 Å². The van der Waals surface area contributed by atoms with Crippen LogP contribution in [0.25, 0.3) is 10.9 Å². The molecule has 1 fully saturated rings. The van der Waals surface area contributed by atoms with E-state index in [1.54, 1.807) is 7.11 Å². The number of nitrogens with zero attached hydrogens (tertiary/aromatic N) is 1. The van der Waals surface area contributed by atoms with Crippen molar-refractivity contribution in [2.45, 2.75) is 38.1 Å². The number of carbonyl (C=O) groups is 1. The fraction of sp³-hybridized carbons (Fsp3) is 0.400. The third-order valence-corrected chi connectivity index (χ3v) is 6.12. The molecule has 1 aliphatic rings. The molecule has 1 saturated heterocycles. The predicted molar refractivity (Wildman–Crippen MR) is 121 cm³/mol. The number of aromatic nitrogens is 1. The van der Waals surface area contributed by atoms with Crippen molar-refractivity contribution >= 4 is 16.8 Å². The van der Waals surface area contributed by atoms with E-state index in [2.05, 4.69) is 39.5 Å². The van der Waals surface area contributed by atoms with Gasteiger partial charge in [-0.25, -0.2) is 0 Å². The SMILES string of the molecule is COc1ccc(C(CNC(=O)CCc2c[nH]c3ccccc23)N2CCCCC2)cc1. The van der Waals surface area contributed by atoms with E-state index in [-0.39, 0.29) is 11.9 Å². The summed E-state index contributed by atoms with van der Waals surface area (Å²) in [5.74, 6) is 0.967. The van der Waals surface area contributed by atoms with Crippen LogP contribution in [0.15, 0.2) is 54.7 Å². The number of likely N-dealkylation sites (tertiary alicyclic amines) is 1. The minimum Gasteiger partial charge on any atom is -0.497 e. The third kappa shape index (κ3) is 4.85. The predicted octanol–water partition coefficient (Wildman–Crippen LogP) is 4.45. The number of carbonyl (C=O) groups excluding carboxylic acids is 1. The fourth-order valence-electron chi connectivity index (χ4n) is 4.40. The Kier molecular flexibility index (Phi) is 6.70. The van der Waals surface area contributed by atoms with E-state index in [9.17, 15) is 4.79 Å². The minimum atomic E-state index is 0.107. The van der Waals surface area contributed by atoms with Crippen LogP contribution in [0.4, 0.5) is 0 Å². The molecule has 2 aromatic carbocycles. The molecule has 1 atom stereocenters. The van der Waals surface area contributed by atoms with Crippen LogP contribution in [0.3, 0.4) is 0 Å². The molecule has 30 heavy (non-hydrogen) atoms. The Labute approximate surface area is 178 Å². The lowest BCUT2D eigenvalue weighted by atomic mass is 10.0. The first-order valence-corrected chi connectivity index (χ1v) is 10.9. The number of para-hydroxylation sites is 1. The van der Waals surface area contributed by atoms with Crippen molar-refractivity contribution in [3.8, 4) is 5.75 Å². The number of aryl methyl sites for hydroxylation is 1. The lowest BCUT2D eigenvalue weighted by Gasteiger charge is -2.35. The molecule has 3 aromatic rings. The maximum atomic E-state index is 12.6. The van der Waals surface area contributed by atoms with Gasteiger partial charge < -0.3 is 15.0 Å². The van der Waals surface area contributed by atoms with Gasteiger partial charge in [-0.05, 0) is 61.7 Å². The molecule has 0 saturated carbocycles. The molecule has 5 nitrogen and oxygen atoms in total. The van der Waals surface area contributed by atoms with Crippen LogP contribution in [0.2, 0.25) is 0 Å². The van der Waals surface area contributed by atoms with Crippen molar-refractivity contribution < 1.29 is 9.53 Å². The van der Waals surface area contributed by atoms with E-state index in [1.165, 1.54) is 35.8 Å². The number of fused-ring (bicyclic) bond motifs is 1. The van der Waals surface area contributed by atoms with Crippen LogP contribution in [-0.2, 0) is 11.2 Å². The Morgan fingerprint density at radius 1 is 1.10 bits per heavy atom. The maximum absolute atomic E-state index is 12.6. The summed E-state index contributed by atoms with van der Waals surface area (Å²) in [6, 6.07) is 16.7. The summed E-state index contributed by atoms with van der Waals surface area (Å²) < 4.78 is 5.30. The van der Waals surface area contributed by atoms with Crippen LogP contribution < -0.4 is 10.1 Å². The summed E-state index contributed by atoms with van der Waals surface area (Å²) in [5, 5.41) is 4.40. The van der Waals surface area contributed by atoms with Crippen LogP contribution in [0.5, 0.6) is 5.75 Å². The first kappa shape index (κ1) is 20.5. The zero-order valence-electron chi connectivity index (χ0n) is 17.7. The summed E-state index contributed by atoms with van der Waals surface area (Å²) in [6.07, 6.45) is 7.00. The van der Waals surface area contributed by atoms with Crippen LogP contribution in [-0.4, -0.2) is 42.5 Å². The van der Waals surface area contributed by atoms with Gasteiger partial charge in [0.15, 0.2) is 0 Å². The van der Waals surface area contributed by atoms with Crippen LogP contribution in [0.1, 0.15) is 42.9 Å². The summed E-state index contributed by atoms with van der Waals surface area (Å²) in [4.78, 5) is 18.4. The molecule has 4 rings (SSSR count). The maximum Gasteiger partial charge on any atom is 0.220 e. The number of aromatic amines is 1. The second-order valence-corrected chi connectivity index (χ2v) is 8.05. The molecule has 0 aliphatic carbocycles. The lowest BCUT2D eigenvalue weighted by Crippen LogP contribution is -2.40. The standard InChI is InChI=1S/C25H31N3O2/c1-30-21-12-9-19(10-13-21)24(28-15-5-2-6-16-28)18-27-25(29)14-11-20-17-26-23-8-4-3-7-22(20)23/h3-4,7-10,12-13,17,24,26H,2,5-6,11,14-16,18H2,1H3,(H,27,29). The topological polar surface area (TPSA) is 57.4 Å². The van der Waals surface area contributed by atoms with Crippen molar-refractivity contribution in [1.82, 2.24) is 15.2 Å². The second-order valence-electron chi connectivity index (χ2n) is 8.05. The summed E-state index contributed by atoms with van der Waals surface area (Å²) in [7, 11) is 1.69. The summed E-state index contributed by atoms with van der Waals surface area (Å²) in [6.45, 7) is 2.81. The number of hydrogen-bond donors (Lipinski definition) is 2. The molecule has 1 aliphatic heterocycles. The first-order valence-electron chi connectivity index (χ1n) is 10.9. The number of H-pyrrole nitrogens is 1. The van der Waals surface area contributed by atoms with Gasteiger partial charge in [-0.15, -0.1) is 0 Å². The zero-order valence-corrected chi connectivity index (χ0v) is 17.7. The molecule has 158 valence electrons. The smallest absolute Gasteiger partial charge is 0.220 e. The molecule has 0 bridgehead atoms. The molecular formula is C25H31N3O2. The molecule has 0 radical (unpaired) electrons. The Hall–Kier alpha value is -2.79. The van der Waals surface area contributed by atoms with E-state index in [0.29, 0.717) is 13.0 Å². The van der Waals surface area contributed by atoms with E-state index in [1.807, 2.05) is 30.5 Å². The monoisotopic (exact) mass is 405 g/mol. The van der Waals surface area contributed by atoms with Gasteiger partial charge in [-0.3, -0.25) is 9.69 Å². The van der Waals surface area contributed by atoms with Gasteiger partial charge >= 0.3 is 0 Å². The number of hydrogen-bond acceptors (Lipinski definition) is 3. The number of rotatable bonds is 8. The largest absolute Gasteiger partial charge is 0.497 e. The molecule has 0 spiro atoms. The minimum absolute atomic E-state index is 0.107. The highest BCUT2D eigenvalue weighted by molar-refractivity contribution is 5.84. The molecule has 1 amide bonds. The average molecular weight is 406 g/mol. The molecular weight excluding hydrogens is 374 g/mol. The van der Waals surface area contributed by atoms with Gasteiger partial charge in [-0.2, -0.15) is 0 Å². The van der Waals surface area contributed by atoms with Gasteiger partial charge in [0.1, 0.15) is 5.75 Å². The van der Waals surface area contributed by atoms with E-state index in [0.717, 1.165) is 30.8 Å². The molecule has 1 aromatic heterocycles. The van der Waals surface area contributed by atoms with E-state index < -0.39 is 0 Å². The number of piperidine rings is 1. The molecule has 1 unspecified atom stereocenters. The Balaban J connectivity index is 1.37. The van der Waals surface area contributed by atoms with Gasteiger partial charge in [0.05, 0.1) is 13.2 Å². The molecule has 5 heteroatoms. The van der Waals surface area contributed by atoms with E-state index in [4.69, 9.17) is 4.74 Å². The Morgan fingerprint density at radius 2 is 1.87 bits per heavy atom. The number of amides is 1. The quantitative estimate of drug-likeness (QED) is 0.582. The number of nitrogens with one attached hydrogen (secondary N) is 2. The number of methoxy groups -OCH3 is 1. The highest BCUT2D eigenvalue weighted by Gasteiger charge is 2.23. The normalized spacial score (nSPS) is 15.8. The molecule has 2 heterocycles. The highest BCUT2D eigenvalue weighted by atomic mass is 16.5. The van der Waals surface area contributed by atoms with Gasteiger partial charge in [-0.1, -0.05) is 36.8 Å². The lowest BCUT2D eigenvalue weighted by molar-refractivity contribution is -0.121. The highest BCUT2D eigenvalue weighted by Crippen LogP contribution is 2.26. The fourth-order valence-corrected chi connectivity index (χ4v) is 4.40. The summed E-state index contributed by atoms with van der Waals surface area (Å²) >= 11 is 0. The number of benzene rings is 2. The van der Waals surface area contributed by atoms with Crippen LogP contribution in [0, 0.1) is 0 Å². The summed E-state index contributed by atoms with van der Waals surface area (Å²) in [5.41, 5.74) is 3.55. The van der Waals surface area contributed by atoms with Crippen molar-refractivity contribution in [1.29, 1.82) is 0 Å². The van der Waals surface area contributed by atoms with Crippen molar-refractivity contribution in [2.24, 2.45) is 0 Å². The van der Waals surface area contributed by atoms with Crippen LogP contribution >= 0.6 is 0 Å². The van der Waals surface area contributed by atoms with E-state index >= 15 is 0 Å². The number of ether oxygens (including phenoxy) is 1. The average Bonchev–Trinajstić information content (AvgIpc) is 3.22. The van der Waals surface area contributed by atoms with Crippen molar-refractivity contribution in [2.75, 3.05) is 26.7 Å². The first-order chi connectivity index (χ1) is 14.7. The van der Waals surface area contributed by atoms with Gasteiger partial charge in [0.25, 0.3) is 0 Å². The van der Waals surface area contributed by atoms with Gasteiger partial charge in [0.2, 0.25) is 5.91 Å².